The second-order valence-corrected chi connectivity index (χ2v) is 3.71. The molecule has 0 saturated carbocycles. The summed E-state index contributed by atoms with van der Waals surface area (Å²) in [5, 5.41) is 2.65. The van der Waals surface area contributed by atoms with Crippen molar-refractivity contribution in [1.82, 2.24) is 5.32 Å². The lowest BCUT2D eigenvalue weighted by Crippen LogP contribution is -2.43. The topological polar surface area (TPSA) is 73.6 Å². The van der Waals surface area contributed by atoms with Gasteiger partial charge in [0.25, 0.3) is 5.91 Å². The Bertz CT molecular complexity index is 412. The van der Waals surface area contributed by atoms with Crippen LogP contribution in [-0.2, 0) is 4.74 Å². The molecule has 3 N–H and O–H groups in total. The van der Waals surface area contributed by atoms with E-state index in [1.54, 1.807) is 0 Å². The van der Waals surface area contributed by atoms with Gasteiger partial charge in [0, 0.05) is 19.2 Å². The Labute approximate surface area is 105 Å². The molecule has 1 amide bonds. The number of rotatable bonds is 6. The first-order chi connectivity index (χ1) is 8.62. The molecule has 1 rings (SSSR count). The van der Waals surface area contributed by atoms with E-state index in [0.717, 1.165) is 6.07 Å². The van der Waals surface area contributed by atoms with Crippen LogP contribution in [-0.4, -0.2) is 39.3 Å². The summed E-state index contributed by atoms with van der Waals surface area (Å²) in [6, 6.07) is 3.71. The number of nitrogens with one attached hydrogen (secondary N) is 1. The number of methoxy groups -OCH3 is 2. The molecule has 1 aromatic carbocycles. The third-order valence-corrected chi connectivity index (χ3v) is 2.40. The van der Waals surface area contributed by atoms with Gasteiger partial charge >= 0.3 is 0 Å². The van der Waals surface area contributed by atoms with Crippen LogP contribution >= 0.6 is 0 Å². The lowest BCUT2D eigenvalue weighted by atomic mass is 10.2. The standard InChI is InChI=1S/C12H17FN2O3/c1-17-7-9(6-14)15-12(16)8-3-4-11(18-2)10(13)5-8/h3-5,9H,6-7,14H2,1-2H3,(H,15,16). The quantitative estimate of drug-likeness (QED) is 0.779. The highest BCUT2D eigenvalue weighted by Crippen LogP contribution is 2.17. The number of nitrogens with two attached hydrogens (primary N) is 1. The van der Waals surface area contributed by atoms with E-state index in [4.69, 9.17) is 15.2 Å². The van der Waals surface area contributed by atoms with E-state index in [1.165, 1.54) is 26.4 Å². The molecule has 6 heteroatoms. The minimum atomic E-state index is -0.582. The minimum Gasteiger partial charge on any atom is -0.494 e. The van der Waals surface area contributed by atoms with Gasteiger partial charge in [-0.05, 0) is 18.2 Å². The molecular formula is C12H17FN2O3. The van der Waals surface area contributed by atoms with Gasteiger partial charge in [0.1, 0.15) is 0 Å². The van der Waals surface area contributed by atoms with Gasteiger partial charge in [0.05, 0.1) is 19.8 Å². The normalized spacial score (nSPS) is 12.0. The summed E-state index contributed by atoms with van der Waals surface area (Å²) in [6.07, 6.45) is 0. The van der Waals surface area contributed by atoms with Crippen LogP contribution in [0, 0.1) is 5.82 Å². The second kappa shape index (κ2) is 6.93. The molecule has 0 aliphatic rings. The van der Waals surface area contributed by atoms with Crippen LogP contribution in [0.3, 0.4) is 0 Å². The fourth-order valence-corrected chi connectivity index (χ4v) is 1.45. The zero-order chi connectivity index (χ0) is 13.5. The van der Waals surface area contributed by atoms with Crippen molar-refractivity contribution in [2.24, 2.45) is 5.73 Å². The number of carbonyl (C=O) groups excluding carboxylic acids is 1. The van der Waals surface area contributed by atoms with Crippen LogP contribution in [0.2, 0.25) is 0 Å². The van der Waals surface area contributed by atoms with Crippen LogP contribution in [0.1, 0.15) is 10.4 Å². The first-order valence-corrected chi connectivity index (χ1v) is 5.45. The summed E-state index contributed by atoms with van der Waals surface area (Å²) in [5.41, 5.74) is 5.68. The molecule has 0 fully saturated rings. The Kier molecular flexibility index (Phi) is 5.54. The molecule has 0 aliphatic heterocycles. The van der Waals surface area contributed by atoms with Crippen LogP contribution in [0.4, 0.5) is 4.39 Å². The Balaban J connectivity index is 2.74. The van der Waals surface area contributed by atoms with Crippen molar-refractivity contribution in [1.29, 1.82) is 0 Å². The summed E-state index contributed by atoms with van der Waals surface area (Å²) >= 11 is 0. The van der Waals surface area contributed by atoms with Gasteiger partial charge < -0.3 is 20.5 Å². The number of benzene rings is 1. The maximum atomic E-state index is 13.4. The average molecular weight is 256 g/mol. The van der Waals surface area contributed by atoms with Crippen molar-refractivity contribution in [3.8, 4) is 5.75 Å². The van der Waals surface area contributed by atoms with E-state index in [1.807, 2.05) is 0 Å². The maximum absolute atomic E-state index is 13.4. The smallest absolute Gasteiger partial charge is 0.251 e. The number of carbonyl (C=O) groups is 1. The highest BCUT2D eigenvalue weighted by molar-refractivity contribution is 5.94. The Morgan fingerprint density at radius 2 is 2.22 bits per heavy atom. The molecule has 0 aromatic heterocycles. The first kappa shape index (κ1) is 14.4. The summed E-state index contributed by atoms with van der Waals surface area (Å²) in [4.78, 5) is 11.8. The summed E-state index contributed by atoms with van der Waals surface area (Å²) in [6.45, 7) is 0.555. The molecule has 1 unspecified atom stereocenters. The Morgan fingerprint density at radius 3 is 2.72 bits per heavy atom. The van der Waals surface area contributed by atoms with Crippen LogP contribution < -0.4 is 15.8 Å². The lowest BCUT2D eigenvalue weighted by molar-refractivity contribution is 0.0900. The van der Waals surface area contributed by atoms with Crippen LogP contribution in [0.5, 0.6) is 5.75 Å². The summed E-state index contributed by atoms with van der Waals surface area (Å²) in [5.74, 6) is -0.885. The molecule has 0 spiro atoms. The van der Waals surface area contributed by atoms with Gasteiger partial charge in [-0.25, -0.2) is 4.39 Å². The molecule has 100 valence electrons. The van der Waals surface area contributed by atoms with Crippen molar-refractivity contribution in [3.05, 3.63) is 29.6 Å². The largest absolute Gasteiger partial charge is 0.494 e. The maximum Gasteiger partial charge on any atom is 0.251 e. The molecular weight excluding hydrogens is 239 g/mol. The monoisotopic (exact) mass is 256 g/mol. The number of hydrogen-bond donors (Lipinski definition) is 2. The molecule has 1 atom stereocenters. The van der Waals surface area contributed by atoms with Gasteiger partial charge in [-0.1, -0.05) is 0 Å². The highest BCUT2D eigenvalue weighted by atomic mass is 19.1. The van der Waals surface area contributed by atoms with E-state index in [-0.39, 0.29) is 23.9 Å². The molecule has 0 heterocycles. The predicted molar refractivity (Wildman–Crippen MR) is 65.1 cm³/mol. The van der Waals surface area contributed by atoms with E-state index in [2.05, 4.69) is 5.32 Å². The van der Waals surface area contributed by atoms with E-state index in [9.17, 15) is 9.18 Å². The predicted octanol–water partition coefficient (Wildman–Crippen LogP) is 0.538. The molecule has 1 aromatic rings. The van der Waals surface area contributed by atoms with Crippen molar-refractivity contribution >= 4 is 5.91 Å². The van der Waals surface area contributed by atoms with Crippen LogP contribution in [0.15, 0.2) is 18.2 Å². The summed E-state index contributed by atoms with van der Waals surface area (Å²) in [7, 11) is 2.88. The fourth-order valence-electron chi connectivity index (χ4n) is 1.45. The van der Waals surface area contributed by atoms with Gasteiger partial charge in [0.15, 0.2) is 11.6 Å². The average Bonchev–Trinajstić information content (AvgIpc) is 2.37. The van der Waals surface area contributed by atoms with Crippen molar-refractivity contribution in [2.45, 2.75) is 6.04 Å². The van der Waals surface area contributed by atoms with Crippen LogP contribution in [0.25, 0.3) is 0 Å². The SMILES string of the molecule is COCC(CN)NC(=O)c1ccc(OC)c(F)c1. The van der Waals surface area contributed by atoms with Gasteiger partial charge in [-0.2, -0.15) is 0 Å². The first-order valence-electron chi connectivity index (χ1n) is 5.45. The molecule has 0 aliphatic carbocycles. The molecule has 5 nitrogen and oxygen atoms in total. The molecule has 0 bridgehead atoms. The number of amides is 1. The Hall–Kier alpha value is -1.66. The second-order valence-electron chi connectivity index (χ2n) is 3.71. The third-order valence-electron chi connectivity index (χ3n) is 2.40. The fraction of sp³-hybridized carbons (Fsp3) is 0.417. The summed E-state index contributed by atoms with van der Waals surface area (Å²) < 4.78 is 23.1. The number of ether oxygens (including phenoxy) is 2. The molecule has 0 saturated heterocycles. The van der Waals surface area contributed by atoms with Crippen molar-refractivity contribution in [2.75, 3.05) is 27.4 Å². The van der Waals surface area contributed by atoms with Crippen molar-refractivity contribution in [3.63, 3.8) is 0 Å². The van der Waals surface area contributed by atoms with Crippen molar-refractivity contribution < 1.29 is 18.7 Å². The molecule has 18 heavy (non-hydrogen) atoms. The van der Waals surface area contributed by atoms with Gasteiger partial charge in [-0.3, -0.25) is 4.79 Å². The zero-order valence-electron chi connectivity index (χ0n) is 10.4. The third kappa shape index (κ3) is 3.68. The lowest BCUT2D eigenvalue weighted by Gasteiger charge is -2.15. The molecule has 0 radical (unpaired) electrons. The van der Waals surface area contributed by atoms with Gasteiger partial charge in [0.2, 0.25) is 0 Å². The minimum absolute atomic E-state index is 0.0961. The number of halogens is 1. The van der Waals surface area contributed by atoms with E-state index in [0.29, 0.717) is 6.61 Å². The van der Waals surface area contributed by atoms with Gasteiger partial charge in [-0.15, -0.1) is 0 Å². The van der Waals surface area contributed by atoms with E-state index >= 15 is 0 Å². The highest BCUT2D eigenvalue weighted by Gasteiger charge is 2.14. The zero-order valence-corrected chi connectivity index (χ0v) is 10.4. The van der Waals surface area contributed by atoms with E-state index < -0.39 is 11.7 Å². The number of hydrogen-bond acceptors (Lipinski definition) is 4. The Morgan fingerprint density at radius 1 is 1.50 bits per heavy atom.